The van der Waals surface area contributed by atoms with Gasteiger partial charge in [-0.05, 0) is 42.3 Å². The van der Waals surface area contributed by atoms with Crippen molar-refractivity contribution >= 4 is 21.6 Å². The van der Waals surface area contributed by atoms with Crippen LogP contribution >= 0.6 is 0 Å². The third-order valence-corrected chi connectivity index (χ3v) is 4.41. The van der Waals surface area contributed by atoms with Crippen LogP contribution in [0.3, 0.4) is 0 Å². The summed E-state index contributed by atoms with van der Waals surface area (Å²) in [4.78, 5) is 12.0. The number of halogens is 1. The molecule has 0 bridgehead atoms. The second-order valence-electron chi connectivity index (χ2n) is 5.22. The molecule has 2 rings (SSSR count). The molecule has 0 fully saturated rings. The van der Waals surface area contributed by atoms with Crippen molar-refractivity contribution in [3.8, 4) is 5.75 Å². The first-order chi connectivity index (χ1) is 11.2. The van der Waals surface area contributed by atoms with Gasteiger partial charge in [-0.1, -0.05) is 12.1 Å². The lowest BCUT2D eigenvalue weighted by Gasteiger charge is -2.09. The molecule has 8 heteroatoms. The highest BCUT2D eigenvalue weighted by Gasteiger charge is 2.14. The van der Waals surface area contributed by atoms with E-state index in [1.54, 1.807) is 25.1 Å². The van der Waals surface area contributed by atoms with Crippen LogP contribution in [0.15, 0.2) is 41.3 Å². The molecule has 0 aliphatic rings. The molecule has 0 aliphatic heterocycles. The van der Waals surface area contributed by atoms with E-state index < -0.39 is 21.7 Å². The summed E-state index contributed by atoms with van der Waals surface area (Å²) >= 11 is 0. The molecule has 0 saturated carbocycles. The Morgan fingerprint density at radius 1 is 1.25 bits per heavy atom. The molecule has 0 aliphatic carbocycles. The van der Waals surface area contributed by atoms with E-state index in [0.717, 1.165) is 0 Å². The van der Waals surface area contributed by atoms with Crippen molar-refractivity contribution in [1.82, 2.24) is 0 Å². The zero-order valence-corrected chi connectivity index (χ0v) is 14.0. The highest BCUT2D eigenvalue weighted by Crippen LogP contribution is 2.20. The summed E-state index contributed by atoms with van der Waals surface area (Å²) in [6, 6.07) is 8.62. The average Bonchev–Trinajstić information content (AvgIpc) is 2.48. The minimum atomic E-state index is -3.88. The van der Waals surface area contributed by atoms with Crippen LogP contribution < -0.4 is 15.2 Å². The number of nitrogens with two attached hydrogens (primary N) is 1. The van der Waals surface area contributed by atoms with E-state index in [1.807, 2.05) is 0 Å². The van der Waals surface area contributed by atoms with Gasteiger partial charge in [0.2, 0.25) is 15.9 Å². The third-order valence-electron chi connectivity index (χ3n) is 3.36. The van der Waals surface area contributed by atoms with Crippen LogP contribution in [0.4, 0.5) is 10.1 Å². The van der Waals surface area contributed by atoms with Crippen LogP contribution in [0, 0.1) is 12.7 Å². The van der Waals surface area contributed by atoms with Gasteiger partial charge in [0.15, 0.2) is 11.6 Å². The molecular weight excluding hydrogens is 335 g/mol. The predicted octanol–water partition coefficient (Wildman–Crippen LogP) is 1.97. The van der Waals surface area contributed by atoms with E-state index in [1.165, 1.54) is 25.3 Å². The molecular formula is C16H17FN2O4S. The first-order valence-electron chi connectivity index (χ1n) is 6.96. The lowest BCUT2D eigenvalue weighted by molar-refractivity contribution is -0.115. The van der Waals surface area contributed by atoms with Crippen molar-refractivity contribution in [2.75, 3.05) is 12.4 Å². The Balaban J connectivity index is 2.14. The summed E-state index contributed by atoms with van der Waals surface area (Å²) in [5.41, 5.74) is 1.24. The van der Waals surface area contributed by atoms with Crippen LogP contribution in [-0.2, 0) is 21.2 Å². The van der Waals surface area contributed by atoms with Crippen LogP contribution in [-0.4, -0.2) is 21.4 Å². The number of aryl methyl sites for hydroxylation is 1. The van der Waals surface area contributed by atoms with E-state index in [4.69, 9.17) is 9.88 Å². The number of anilines is 1. The van der Waals surface area contributed by atoms with Crippen molar-refractivity contribution in [3.63, 3.8) is 0 Å². The molecule has 0 heterocycles. The van der Waals surface area contributed by atoms with Gasteiger partial charge < -0.3 is 10.1 Å². The molecule has 3 N–H and O–H groups in total. The van der Waals surface area contributed by atoms with E-state index >= 15 is 0 Å². The van der Waals surface area contributed by atoms with Gasteiger partial charge in [-0.2, -0.15) is 0 Å². The van der Waals surface area contributed by atoms with Gasteiger partial charge in [-0.3, -0.25) is 4.79 Å². The number of amides is 1. The monoisotopic (exact) mass is 352 g/mol. The Morgan fingerprint density at radius 3 is 2.54 bits per heavy atom. The maximum Gasteiger partial charge on any atom is 0.238 e. The Bertz CT molecular complexity index is 882. The molecule has 0 radical (unpaired) electrons. The Hall–Kier alpha value is -2.45. The second kappa shape index (κ2) is 6.98. The minimum absolute atomic E-state index is 0.0595. The fourth-order valence-electron chi connectivity index (χ4n) is 2.19. The molecule has 0 saturated heterocycles. The van der Waals surface area contributed by atoms with E-state index in [-0.39, 0.29) is 17.1 Å². The summed E-state index contributed by atoms with van der Waals surface area (Å²) in [7, 11) is -2.53. The summed E-state index contributed by atoms with van der Waals surface area (Å²) in [6.07, 6.45) is -0.0699. The van der Waals surface area contributed by atoms with Gasteiger partial charge >= 0.3 is 0 Å². The summed E-state index contributed by atoms with van der Waals surface area (Å²) in [5, 5.41) is 7.70. The molecule has 2 aromatic carbocycles. The zero-order valence-electron chi connectivity index (χ0n) is 13.2. The fourth-order valence-corrected chi connectivity index (χ4v) is 3.00. The molecule has 6 nitrogen and oxygen atoms in total. The van der Waals surface area contributed by atoms with E-state index in [0.29, 0.717) is 16.8 Å². The van der Waals surface area contributed by atoms with Crippen LogP contribution in [0.5, 0.6) is 5.75 Å². The van der Waals surface area contributed by atoms with Gasteiger partial charge in [-0.15, -0.1) is 0 Å². The zero-order chi connectivity index (χ0) is 17.9. The quantitative estimate of drug-likeness (QED) is 0.859. The molecule has 128 valence electrons. The van der Waals surface area contributed by atoms with Crippen molar-refractivity contribution in [3.05, 3.63) is 53.3 Å². The van der Waals surface area contributed by atoms with Crippen molar-refractivity contribution in [1.29, 1.82) is 0 Å². The Kier molecular flexibility index (Phi) is 5.20. The van der Waals surface area contributed by atoms with Gasteiger partial charge in [-0.25, -0.2) is 17.9 Å². The highest BCUT2D eigenvalue weighted by molar-refractivity contribution is 7.89. The Morgan fingerprint density at radius 2 is 1.96 bits per heavy atom. The second-order valence-corrected chi connectivity index (χ2v) is 6.75. The number of rotatable bonds is 5. The minimum Gasteiger partial charge on any atom is -0.494 e. The first-order valence-corrected chi connectivity index (χ1v) is 8.51. The fraction of sp³-hybridized carbons (Fsp3) is 0.188. The smallest absolute Gasteiger partial charge is 0.238 e. The number of hydrogen-bond acceptors (Lipinski definition) is 4. The van der Waals surface area contributed by atoms with Gasteiger partial charge in [0.25, 0.3) is 0 Å². The van der Waals surface area contributed by atoms with Gasteiger partial charge in [0, 0.05) is 5.69 Å². The topological polar surface area (TPSA) is 98.5 Å². The number of carbonyl (C=O) groups is 1. The number of benzene rings is 2. The average molecular weight is 352 g/mol. The normalized spacial score (nSPS) is 11.2. The number of sulfonamides is 1. The number of carbonyl (C=O) groups excluding carboxylic acids is 1. The van der Waals surface area contributed by atoms with Crippen molar-refractivity contribution in [2.24, 2.45) is 5.14 Å². The molecule has 24 heavy (non-hydrogen) atoms. The van der Waals surface area contributed by atoms with Crippen LogP contribution in [0.2, 0.25) is 0 Å². The SMILES string of the molecule is COc1ccc(CC(=O)Nc2ccc(C)c(S(N)(=O)=O)c2)cc1F. The number of methoxy groups -OCH3 is 1. The predicted molar refractivity (Wildman–Crippen MR) is 87.8 cm³/mol. The number of hydrogen-bond donors (Lipinski definition) is 2. The van der Waals surface area contributed by atoms with Gasteiger partial charge in [0.1, 0.15) is 0 Å². The molecule has 0 atom stereocenters. The maximum absolute atomic E-state index is 13.6. The molecule has 1 amide bonds. The largest absolute Gasteiger partial charge is 0.494 e. The van der Waals surface area contributed by atoms with Crippen LogP contribution in [0.25, 0.3) is 0 Å². The van der Waals surface area contributed by atoms with Crippen LogP contribution in [0.1, 0.15) is 11.1 Å². The third kappa shape index (κ3) is 4.30. The lowest BCUT2D eigenvalue weighted by Crippen LogP contribution is -2.17. The number of nitrogens with one attached hydrogen (secondary N) is 1. The summed E-state index contributed by atoms with van der Waals surface area (Å²) in [5.74, 6) is -0.881. The Labute approximate surface area is 139 Å². The standard InChI is InChI=1S/C16H17FN2O4S/c1-10-3-5-12(9-15(10)24(18,21)22)19-16(20)8-11-4-6-14(23-2)13(17)7-11/h3-7,9H,8H2,1-2H3,(H,19,20)(H2,18,21,22). The maximum atomic E-state index is 13.6. The van der Waals surface area contributed by atoms with E-state index in [9.17, 15) is 17.6 Å². The van der Waals surface area contributed by atoms with Crippen molar-refractivity contribution in [2.45, 2.75) is 18.2 Å². The number of ether oxygens (including phenoxy) is 1. The van der Waals surface area contributed by atoms with Crippen molar-refractivity contribution < 1.29 is 22.3 Å². The first kappa shape index (κ1) is 17.9. The number of primary sulfonamides is 1. The summed E-state index contributed by atoms with van der Waals surface area (Å²) in [6.45, 7) is 1.60. The van der Waals surface area contributed by atoms with E-state index in [2.05, 4.69) is 5.32 Å². The molecule has 2 aromatic rings. The molecule has 0 spiro atoms. The lowest BCUT2D eigenvalue weighted by atomic mass is 10.1. The highest BCUT2D eigenvalue weighted by atomic mass is 32.2. The van der Waals surface area contributed by atoms with Gasteiger partial charge in [0.05, 0.1) is 18.4 Å². The molecule has 0 aromatic heterocycles. The molecule has 0 unspecified atom stereocenters. The summed E-state index contributed by atoms with van der Waals surface area (Å²) < 4.78 is 41.4.